The van der Waals surface area contributed by atoms with E-state index in [1.807, 2.05) is 0 Å². The smallest absolute Gasteiger partial charge is 0.273 e. The third kappa shape index (κ3) is 2.65. The van der Waals surface area contributed by atoms with Gasteiger partial charge in [-0.3, -0.25) is 14.5 Å². The van der Waals surface area contributed by atoms with Gasteiger partial charge in [-0.25, -0.2) is 0 Å². The maximum atomic E-state index is 12.7. The Morgan fingerprint density at radius 3 is 2.46 bits per heavy atom. The van der Waals surface area contributed by atoms with E-state index in [4.69, 9.17) is 25.5 Å². The summed E-state index contributed by atoms with van der Waals surface area (Å²) in [5.74, 6) is 0.421. The van der Waals surface area contributed by atoms with Gasteiger partial charge in [0.2, 0.25) is 0 Å². The molecule has 6 nitrogen and oxygen atoms in total. The monoisotopic (exact) mass is 347 g/mol. The molecule has 2 aromatic rings. The summed E-state index contributed by atoms with van der Waals surface area (Å²) >= 11 is 6.13. The van der Waals surface area contributed by atoms with Gasteiger partial charge in [-0.15, -0.1) is 0 Å². The lowest BCUT2D eigenvalue weighted by molar-refractivity contribution is -0.137. The molecular weight excluding hydrogens is 334 g/mol. The van der Waals surface area contributed by atoms with Gasteiger partial charge >= 0.3 is 0 Å². The Morgan fingerprint density at radius 2 is 1.83 bits per heavy atom. The number of hydrogen-bond donors (Lipinski definition) is 0. The molecule has 1 aromatic carbocycles. The normalized spacial score (nSPS) is 14.5. The minimum Gasteiger partial charge on any atom is -0.493 e. The fraction of sp³-hybridized carbons (Fsp3) is 0.176. The Hall–Kier alpha value is -2.73. The average molecular weight is 348 g/mol. The van der Waals surface area contributed by atoms with Gasteiger partial charge in [-0.2, -0.15) is 0 Å². The third-order valence-corrected chi connectivity index (χ3v) is 4.03. The number of amides is 2. The van der Waals surface area contributed by atoms with Crippen LogP contribution in [0.2, 0.25) is 0 Å². The predicted octanol–water partition coefficient (Wildman–Crippen LogP) is 2.82. The quantitative estimate of drug-likeness (QED) is 0.778. The largest absolute Gasteiger partial charge is 0.493 e. The number of carbonyl (C=O) groups excluding carboxylic acids is 2. The van der Waals surface area contributed by atoms with Crippen LogP contribution in [0, 0.1) is 0 Å². The summed E-state index contributed by atoms with van der Waals surface area (Å²) in [5, 5.41) is -0.126. The molecule has 0 fully saturated rings. The van der Waals surface area contributed by atoms with E-state index in [9.17, 15) is 9.59 Å². The first-order valence-electron chi connectivity index (χ1n) is 7.07. The summed E-state index contributed by atoms with van der Waals surface area (Å²) in [6, 6.07) is 8.28. The molecule has 2 heterocycles. The van der Waals surface area contributed by atoms with Crippen LogP contribution >= 0.6 is 11.6 Å². The van der Waals surface area contributed by atoms with Crippen molar-refractivity contribution in [3.05, 3.63) is 53.0 Å². The lowest BCUT2D eigenvalue weighted by Crippen LogP contribution is -2.30. The van der Waals surface area contributed by atoms with Crippen molar-refractivity contribution in [3.8, 4) is 11.5 Å². The Labute approximate surface area is 143 Å². The van der Waals surface area contributed by atoms with Crippen LogP contribution in [-0.4, -0.2) is 30.9 Å². The molecule has 2 amide bonds. The summed E-state index contributed by atoms with van der Waals surface area (Å²) in [7, 11) is 3.00. The molecule has 0 radical (unpaired) electrons. The second-order valence-corrected chi connectivity index (χ2v) is 5.41. The molecule has 7 heteroatoms. The van der Waals surface area contributed by atoms with Crippen molar-refractivity contribution in [2.45, 2.75) is 6.54 Å². The second kappa shape index (κ2) is 6.41. The van der Waals surface area contributed by atoms with Crippen molar-refractivity contribution in [1.82, 2.24) is 4.90 Å². The van der Waals surface area contributed by atoms with E-state index in [-0.39, 0.29) is 17.2 Å². The molecule has 1 aliphatic rings. The maximum absolute atomic E-state index is 12.7. The average Bonchev–Trinajstić information content (AvgIpc) is 3.18. The first-order valence-corrected chi connectivity index (χ1v) is 7.45. The number of hydrogen-bond acceptors (Lipinski definition) is 5. The van der Waals surface area contributed by atoms with Gasteiger partial charge in [0.25, 0.3) is 11.8 Å². The highest BCUT2D eigenvalue weighted by molar-refractivity contribution is 6.55. The van der Waals surface area contributed by atoms with Crippen LogP contribution in [0.25, 0.3) is 5.57 Å². The third-order valence-electron chi connectivity index (χ3n) is 3.68. The Kier molecular flexibility index (Phi) is 4.31. The Balaban J connectivity index is 1.96. The second-order valence-electron chi connectivity index (χ2n) is 5.03. The van der Waals surface area contributed by atoms with Crippen molar-refractivity contribution in [1.29, 1.82) is 0 Å². The van der Waals surface area contributed by atoms with Gasteiger partial charge in [0.15, 0.2) is 11.5 Å². The zero-order valence-electron chi connectivity index (χ0n) is 13.0. The summed E-state index contributed by atoms with van der Waals surface area (Å²) in [5.41, 5.74) is 0.618. The SMILES string of the molecule is COc1ccc(C2=C(Cl)C(=O)N(Cc3ccco3)C2=O)cc1OC. The van der Waals surface area contributed by atoms with Gasteiger partial charge in [0, 0.05) is 0 Å². The molecule has 0 spiro atoms. The molecule has 0 saturated heterocycles. The summed E-state index contributed by atoms with van der Waals surface area (Å²) in [4.78, 5) is 26.0. The van der Waals surface area contributed by atoms with Crippen LogP contribution in [0.1, 0.15) is 11.3 Å². The van der Waals surface area contributed by atoms with Crippen LogP contribution in [-0.2, 0) is 16.1 Å². The molecular formula is C17H14ClNO5. The van der Waals surface area contributed by atoms with Crippen LogP contribution < -0.4 is 9.47 Å². The van der Waals surface area contributed by atoms with E-state index in [1.54, 1.807) is 30.3 Å². The molecule has 24 heavy (non-hydrogen) atoms. The topological polar surface area (TPSA) is 69.0 Å². The molecule has 0 aliphatic carbocycles. The van der Waals surface area contributed by atoms with Gasteiger partial charge in [-0.1, -0.05) is 17.7 Å². The Morgan fingerprint density at radius 1 is 1.08 bits per heavy atom. The van der Waals surface area contributed by atoms with Crippen molar-refractivity contribution in [2.75, 3.05) is 14.2 Å². The fourth-order valence-electron chi connectivity index (χ4n) is 2.49. The molecule has 0 atom stereocenters. The Bertz CT molecular complexity index is 826. The van der Waals surface area contributed by atoms with Crippen molar-refractivity contribution in [2.24, 2.45) is 0 Å². The van der Waals surface area contributed by atoms with E-state index in [0.29, 0.717) is 22.8 Å². The highest BCUT2D eigenvalue weighted by atomic mass is 35.5. The number of halogens is 1. The maximum Gasteiger partial charge on any atom is 0.273 e. The minimum absolute atomic E-state index is 0.0255. The molecule has 0 bridgehead atoms. The van der Waals surface area contributed by atoms with Crippen LogP contribution in [0.15, 0.2) is 46.0 Å². The number of benzene rings is 1. The first-order chi connectivity index (χ1) is 11.6. The molecule has 0 saturated carbocycles. The van der Waals surface area contributed by atoms with E-state index in [2.05, 4.69) is 0 Å². The zero-order chi connectivity index (χ0) is 17.3. The molecule has 0 unspecified atom stereocenters. The van der Waals surface area contributed by atoms with E-state index < -0.39 is 11.8 Å². The highest BCUT2D eigenvalue weighted by Gasteiger charge is 2.38. The standard InChI is InChI=1S/C17H14ClNO5/c1-22-12-6-5-10(8-13(12)23-2)14-15(18)17(21)19(16(14)20)9-11-4-3-7-24-11/h3-8H,9H2,1-2H3. The molecule has 1 aromatic heterocycles. The lowest BCUT2D eigenvalue weighted by atomic mass is 10.1. The van der Waals surface area contributed by atoms with Gasteiger partial charge in [-0.05, 0) is 29.8 Å². The predicted molar refractivity (Wildman–Crippen MR) is 86.6 cm³/mol. The number of ether oxygens (including phenoxy) is 2. The molecule has 1 aliphatic heterocycles. The minimum atomic E-state index is -0.553. The number of rotatable bonds is 5. The zero-order valence-corrected chi connectivity index (χ0v) is 13.8. The first kappa shape index (κ1) is 16.1. The fourth-order valence-corrected chi connectivity index (χ4v) is 2.78. The van der Waals surface area contributed by atoms with E-state index in [1.165, 1.54) is 20.5 Å². The van der Waals surface area contributed by atoms with Crippen LogP contribution in [0.5, 0.6) is 11.5 Å². The van der Waals surface area contributed by atoms with Crippen molar-refractivity contribution in [3.63, 3.8) is 0 Å². The number of imide groups is 1. The molecule has 0 N–H and O–H groups in total. The number of furan rings is 1. The summed E-state index contributed by atoms with van der Waals surface area (Å²) in [6.07, 6.45) is 1.48. The molecule has 3 rings (SSSR count). The van der Waals surface area contributed by atoms with Crippen molar-refractivity contribution < 1.29 is 23.5 Å². The van der Waals surface area contributed by atoms with Gasteiger partial charge in [0.05, 0.1) is 32.6 Å². The molecule has 124 valence electrons. The van der Waals surface area contributed by atoms with Gasteiger partial charge < -0.3 is 13.9 Å². The summed E-state index contributed by atoms with van der Waals surface area (Å²) in [6.45, 7) is 0.0255. The number of methoxy groups -OCH3 is 2. The number of nitrogens with zero attached hydrogens (tertiary/aromatic N) is 1. The van der Waals surface area contributed by atoms with E-state index in [0.717, 1.165) is 4.90 Å². The summed E-state index contributed by atoms with van der Waals surface area (Å²) < 4.78 is 15.6. The van der Waals surface area contributed by atoms with E-state index >= 15 is 0 Å². The number of carbonyl (C=O) groups is 2. The highest BCUT2D eigenvalue weighted by Crippen LogP contribution is 2.36. The van der Waals surface area contributed by atoms with Crippen LogP contribution in [0.3, 0.4) is 0 Å². The van der Waals surface area contributed by atoms with Gasteiger partial charge in [0.1, 0.15) is 10.8 Å². The van der Waals surface area contributed by atoms with Crippen molar-refractivity contribution >= 4 is 29.0 Å². The lowest BCUT2D eigenvalue weighted by Gasteiger charge is -2.13. The van der Waals surface area contributed by atoms with Crippen LogP contribution in [0.4, 0.5) is 0 Å².